The molecule has 29 heavy (non-hydrogen) atoms. The van der Waals surface area contributed by atoms with Crippen LogP contribution in [0.15, 0.2) is 30.3 Å². The van der Waals surface area contributed by atoms with Gasteiger partial charge in [0.2, 0.25) is 6.29 Å². The van der Waals surface area contributed by atoms with E-state index in [1.165, 1.54) is 6.08 Å². The van der Waals surface area contributed by atoms with E-state index >= 15 is 0 Å². The van der Waals surface area contributed by atoms with Gasteiger partial charge in [0.05, 0.1) is 6.54 Å². The number of anilines is 1. The first kappa shape index (κ1) is 22.1. The minimum absolute atomic E-state index is 0.194. The molecule has 1 saturated heterocycles. The Labute approximate surface area is 170 Å². The first-order chi connectivity index (χ1) is 13.7. The Bertz CT molecular complexity index is 792. The van der Waals surface area contributed by atoms with E-state index in [1.807, 2.05) is 0 Å². The number of para-hydroxylation sites is 1. The number of ether oxygens (including phenoxy) is 1. The predicted molar refractivity (Wildman–Crippen MR) is 109 cm³/mol. The Hall–Kier alpha value is -3.16. The summed E-state index contributed by atoms with van der Waals surface area (Å²) in [6.45, 7) is 5.88. The van der Waals surface area contributed by atoms with Crippen molar-refractivity contribution in [3.8, 4) is 0 Å². The van der Waals surface area contributed by atoms with Crippen LogP contribution in [0.1, 0.15) is 39.2 Å². The topological polar surface area (TPSA) is 96.0 Å². The molecule has 0 aliphatic carbocycles. The molecule has 0 unspecified atom stereocenters. The van der Waals surface area contributed by atoms with E-state index in [1.54, 1.807) is 56.2 Å². The van der Waals surface area contributed by atoms with Crippen molar-refractivity contribution >= 4 is 36.1 Å². The number of benzene rings is 1. The highest BCUT2D eigenvalue weighted by Crippen LogP contribution is 2.19. The minimum Gasteiger partial charge on any atom is -0.443 e. The summed E-state index contributed by atoms with van der Waals surface area (Å²) in [5.41, 5.74) is 0.320. The van der Waals surface area contributed by atoms with Crippen LogP contribution >= 0.6 is 0 Å². The number of hydrogen-bond acceptors (Lipinski definition) is 5. The summed E-state index contributed by atoms with van der Waals surface area (Å²) in [4.78, 5) is 50.1. The molecule has 2 rings (SSSR count). The zero-order valence-corrected chi connectivity index (χ0v) is 16.9. The molecule has 0 bridgehead atoms. The van der Waals surface area contributed by atoms with E-state index in [9.17, 15) is 19.2 Å². The second kappa shape index (κ2) is 9.86. The largest absolute Gasteiger partial charge is 0.443 e. The van der Waals surface area contributed by atoms with Gasteiger partial charge in [0.25, 0.3) is 5.91 Å². The molecule has 1 heterocycles. The normalized spacial score (nSPS) is 14.0. The first-order valence-electron chi connectivity index (χ1n) is 9.44. The van der Waals surface area contributed by atoms with Crippen LogP contribution in [0.5, 0.6) is 0 Å². The second-order valence-electron chi connectivity index (χ2n) is 7.59. The van der Waals surface area contributed by atoms with Crippen LogP contribution in [0.3, 0.4) is 0 Å². The molecular formula is C21H26N3O5. The van der Waals surface area contributed by atoms with Gasteiger partial charge in [0.15, 0.2) is 0 Å². The summed E-state index contributed by atoms with van der Waals surface area (Å²) >= 11 is 0. The smallest absolute Gasteiger partial charge is 0.417 e. The molecule has 1 fully saturated rings. The maximum absolute atomic E-state index is 12.4. The lowest BCUT2D eigenvalue weighted by Gasteiger charge is -2.24. The lowest BCUT2D eigenvalue weighted by Crippen LogP contribution is -2.41. The summed E-state index contributed by atoms with van der Waals surface area (Å²) in [7, 11) is 0. The molecule has 0 spiro atoms. The third kappa shape index (κ3) is 6.74. The Morgan fingerprint density at radius 3 is 2.48 bits per heavy atom. The number of likely N-dealkylation sites (tertiary alicyclic amines) is 1. The molecule has 1 aliphatic rings. The fraction of sp³-hybridized carbons (Fsp3) is 0.429. The summed E-state index contributed by atoms with van der Waals surface area (Å²) in [5.74, 6) is -0.719. The average Bonchev–Trinajstić information content (AvgIpc) is 3.18. The van der Waals surface area contributed by atoms with E-state index in [2.05, 4.69) is 5.32 Å². The molecule has 0 aromatic heterocycles. The van der Waals surface area contributed by atoms with Crippen LogP contribution in [0.25, 0.3) is 6.08 Å². The number of nitrogens with one attached hydrogen (secondary N) is 1. The van der Waals surface area contributed by atoms with Crippen LogP contribution in [0.2, 0.25) is 0 Å². The summed E-state index contributed by atoms with van der Waals surface area (Å²) < 4.78 is 5.15. The van der Waals surface area contributed by atoms with E-state index in [0.29, 0.717) is 16.2 Å². The molecule has 4 amide bonds. The Morgan fingerprint density at radius 1 is 1.21 bits per heavy atom. The van der Waals surface area contributed by atoms with Gasteiger partial charge in [-0.05, 0) is 51.3 Å². The quantitative estimate of drug-likeness (QED) is 0.766. The SMILES string of the molecule is CC(C)(C)OC(=O)N(C[C]=O)C(=O)/C=C/c1ccccc1NC(=O)N1CCCC1. The molecule has 1 N–H and O–H groups in total. The predicted octanol–water partition coefficient (Wildman–Crippen LogP) is 3.20. The van der Waals surface area contributed by atoms with E-state index in [0.717, 1.165) is 32.0 Å². The molecule has 1 aromatic carbocycles. The minimum atomic E-state index is -0.925. The number of hydrogen-bond donors (Lipinski definition) is 1. The van der Waals surface area contributed by atoms with Crippen molar-refractivity contribution in [1.82, 2.24) is 9.80 Å². The Kier molecular flexibility index (Phi) is 7.52. The van der Waals surface area contributed by atoms with Crippen LogP contribution in [-0.4, -0.2) is 59.4 Å². The summed E-state index contributed by atoms with van der Waals surface area (Å²) in [5, 5.41) is 2.84. The molecule has 155 valence electrons. The van der Waals surface area contributed by atoms with Crippen molar-refractivity contribution in [2.75, 3.05) is 25.0 Å². The summed E-state index contributed by atoms with van der Waals surface area (Å²) in [6, 6.07) is 6.80. The molecule has 1 aliphatic heterocycles. The van der Waals surface area contributed by atoms with Gasteiger partial charge in [-0.2, -0.15) is 0 Å². The van der Waals surface area contributed by atoms with Crippen molar-refractivity contribution in [3.63, 3.8) is 0 Å². The van der Waals surface area contributed by atoms with Gasteiger partial charge < -0.3 is 15.0 Å². The fourth-order valence-corrected chi connectivity index (χ4v) is 2.74. The van der Waals surface area contributed by atoms with Crippen molar-refractivity contribution in [2.24, 2.45) is 0 Å². The van der Waals surface area contributed by atoms with Crippen molar-refractivity contribution in [1.29, 1.82) is 0 Å². The fourth-order valence-electron chi connectivity index (χ4n) is 2.74. The maximum atomic E-state index is 12.4. The number of imide groups is 1. The highest BCUT2D eigenvalue weighted by atomic mass is 16.6. The molecule has 0 atom stereocenters. The highest BCUT2D eigenvalue weighted by Gasteiger charge is 2.26. The monoisotopic (exact) mass is 400 g/mol. The van der Waals surface area contributed by atoms with E-state index in [-0.39, 0.29) is 6.03 Å². The van der Waals surface area contributed by atoms with Crippen LogP contribution in [-0.2, 0) is 14.3 Å². The van der Waals surface area contributed by atoms with E-state index < -0.39 is 24.1 Å². The number of urea groups is 1. The van der Waals surface area contributed by atoms with E-state index in [4.69, 9.17) is 4.74 Å². The summed E-state index contributed by atoms with van der Waals surface area (Å²) in [6.07, 6.45) is 5.21. The number of carbonyl (C=O) groups excluding carboxylic acids is 4. The van der Waals surface area contributed by atoms with Gasteiger partial charge in [-0.3, -0.25) is 9.59 Å². The van der Waals surface area contributed by atoms with Crippen molar-refractivity contribution in [3.05, 3.63) is 35.9 Å². The zero-order chi connectivity index (χ0) is 21.4. The van der Waals surface area contributed by atoms with Gasteiger partial charge in [-0.1, -0.05) is 18.2 Å². The van der Waals surface area contributed by atoms with Crippen LogP contribution in [0.4, 0.5) is 15.3 Å². The number of amides is 4. The molecule has 0 saturated carbocycles. The lowest BCUT2D eigenvalue weighted by atomic mass is 10.1. The standard InChI is InChI=1S/C21H26N3O5/c1-21(2,3)29-20(28)24(14-15-25)18(26)11-10-16-8-4-5-9-17(16)22-19(27)23-12-6-7-13-23/h4-5,8-11H,6-7,12-14H2,1-3H3,(H,22,27)/b11-10+. The number of rotatable bonds is 5. The van der Waals surface area contributed by atoms with Crippen molar-refractivity contribution in [2.45, 2.75) is 39.2 Å². The molecular weight excluding hydrogens is 374 g/mol. The Morgan fingerprint density at radius 2 is 1.86 bits per heavy atom. The highest BCUT2D eigenvalue weighted by molar-refractivity contribution is 6.03. The number of nitrogens with zero attached hydrogens (tertiary/aromatic N) is 2. The van der Waals surface area contributed by atoms with Gasteiger partial charge in [-0.15, -0.1) is 0 Å². The molecule has 1 radical (unpaired) electrons. The third-order valence-electron chi connectivity index (χ3n) is 4.10. The van der Waals surface area contributed by atoms with Gasteiger partial charge >= 0.3 is 12.1 Å². The van der Waals surface area contributed by atoms with Crippen LogP contribution in [0, 0.1) is 0 Å². The maximum Gasteiger partial charge on any atom is 0.417 e. The first-order valence-corrected chi connectivity index (χ1v) is 9.44. The lowest BCUT2D eigenvalue weighted by molar-refractivity contribution is -0.124. The van der Waals surface area contributed by atoms with Crippen LogP contribution < -0.4 is 5.32 Å². The van der Waals surface area contributed by atoms with Gasteiger partial charge in [-0.25, -0.2) is 14.5 Å². The van der Waals surface area contributed by atoms with Gasteiger partial charge in [0, 0.05) is 24.9 Å². The zero-order valence-electron chi connectivity index (χ0n) is 16.9. The second-order valence-corrected chi connectivity index (χ2v) is 7.59. The molecule has 1 aromatic rings. The van der Waals surface area contributed by atoms with Gasteiger partial charge in [0.1, 0.15) is 5.60 Å². The number of carbonyl (C=O) groups is 3. The van der Waals surface area contributed by atoms with Crippen molar-refractivity contribution < 1.29 is 23.9 Å². The molecule has 8 heteroatoms. The average molecular weight is 400 g/mol. The third-order valence-corrected chi connectivity index (χ3v) is 4.10. The Balaban J connectivity index is 2.12. The molecule has 8 nitrogen and oxygen atoms in total.